The van der Waals surface area contributed by atoms with Crippen LogP contribution in [0, 0.1) is 18.8 Å². The van der Waals surface area contributed by atoms with Gasteiger partial charge in [0, 0.05) is 66.7 Å². The topological polar surface area (TPSA) is 46.7 Å². The smallest absolute Gasteiger partial charge is 0.137 e. The first-order chi connectivity index (χ1) is 25.4. The number of pyridine rings is 1. The van der Waals surface area contributed by atoms with Gasteiger partial charge in [0.2, 0.25) is 0 Å². The summed E-state index contributed by atoms with van der Waals surface area (Å²) in [6, 6.07) is 52.7. The van der Waals surface area contributed by atoms with Crippen LogP contribution in [-0.2, 0) is 26.5 Å². The SMILES string of the molecule is CC(C)(C)c1ccnc(-n2c3[c-]c(Oc4[c-]c(N5[CH-]N(c6ccccc6)c6c5ccc5oc7ccccc7c65)ccc4)ccc3c3ccccc32)c1.[Pt]. The number of nitrogens with zero attached hydrogens (tertiary/aromatic N) is 4. The summed E-state index contributed by atoms with van der Waals surface area (Å²) < 4.78 is 15.0. The van der Waals surface area contributed by atoms with Gasteiger partial charge in [-0.25, -0.2) is 4.98 Å². The van der Waals surface area contributed by atoms with Crippen molar-refractivity contribution in [2.24, 2.45) is 0 Å². The van der Waals surface area contributed by atoms with E-state index in [9.17, 15) is 0 Å². The van der Waals surface area contributed by atoms with Gasteiger partial charge in [-0.2, -0.15) is 12.1 Å². The second kappa shape index (κ2) is 12.7. The monoisotopic (exact) mass is 868 g/mol. The number of anilines is 4. The summed E-state index contributed by atoms with van der Waals surface area (Å²) in [6.45, 7) is 8.78. The van der Waals surface area contributed by atoms with Gasteiger partial charge in [-0.05, 0) is 64.9 Å². The number of hydrogen-bond donors (Lipinski definition) is 0. The molecule has 0 aliphatic carbocycles. The summed E-state index contributed by atoms with van der Waals surface area (Å²) in [6.07, 6.45) is 1.89. The molecule has 1 aliphatic heterocycles. The summed E-state index contributed by atoms with van der Waals surface area (Å²) in [7, 11) is 0. The number of furan rings is 1. The van der Waals surface area contributed by atoms with Crippen LogP contribution in [0.4, 0.5) is 22.7 Å². The predicted octanol–water partition coefficient (Wildman–Crippen LogP) is 12.2. The minimum Gasteiger partial charge on any atom is -0.509 e. The van der Waals surface area contributed by atoms with Crippen molar-refractivity contribution in [2.75, 3.05) is 9.80 Å². The molecule has 3 aromatic heterocycles. The molecule has 4 heterocycles. The van der Waals surface area contributed by atoms with Crippen molar-refractivity contribution in [3.8, 4) is 17.3 Å². The Morgan fingerprint density at radius 1 is 0.679 bits per heavy atom. The van der Waals surface area contributed by atoms with Gasteiger partial charge in [-0.15, -0.1) is 48.1 Å². The number of fused-ring (bicyclic) bond motifs is 8. The molecule has 10 rings (SSSR count). The Labute approximate surface area is 322 Å². The summed E-state index contributed by atoms with van der Waals surface area (Å²) in [5.41, 5.74) is 8.89. The average Bonchev–Trinajstić information content (AvgIpc) is 3.84. The molecule has 262 valence electrons. The van der Waals surface area contributed by atoms with E-state index in [2.05, 4.69) is 151 Å². The van der Waals surface area contributed by atoms with Crippen LogP contribution in [0.5, 0.6) is 11.5 Å². The van der Waals surface area contributed by atoms with Crippen molar-refractivity contribution in [1.29, 1.82) is 0 Å². The second-order valence-corrected chi connectivity index (χ2v) is 14.2. The van der Waals surface area contributed by atoms with E-state index in [0.29, 0.717) is 11.5 Å². The molecule has 1 aliphatic rings. The van der Waals surface area contributed by atoms with Crippen molar-refractivity contribution in [3.05, 3.63) is 164 Å². The van der Waals surface area contributed by atoms with Crippen molar-refractivity contribution in [1.82, 2.24) is 9.55 Å². The molecular formula is C46H33N4O2Pt-3. The summed E-state index contributed by atoms with van der Waals surface area (Å²) in [4.78, 5) is 9.21. The Bertz CT molecular complexity index is 2820. The van der Waals surface area contributed by atoms with Crippen LogP contribution < -0.4 is 14.5 Å². The van der Waals surface area contributed by atoms with Crippen LogP contribution in [0.2, 0.25) is 0 Å². The van der Waals surface area contributed by atoms with Crippen LogP contribution in [0.3, 0.4) is 0 Å². The fraction of sp³-hybridized carbons (Fsp3) is 0.0870. The molecule has 0 bridgehead atoms. The van der Waals surface area contributed by atoms with E-state index in [1.165, 1.54) is 5.56 Å². The molecule has 6 aromatic carbocycles. The summed E-state index contributed by atoms with van der Waals surface area (Å²) >= 11 is 0. The number of aromatic nitrogens is 2. The molecule has 9 aromatic rings. The molecule has 6 nitrogen and oxygen atoms in total. The van der Waals surface area contributed by atoms with Crippen LogP contribution in [0.1, 0.15) is 26.3 Å². The van der Waals surface area contributed by atoms with Crippen molar-refractivity contribution >= 4 is 66.5 Å². The molecule has 7 heteroatoms. The maximum absolute atomic E-state index is 6.55. The first-order valence-electron chi connectivity index (χ1n) is 17.5. The molecule has 0 atom stereocenters. The fourth-order valence-corrected chi connectivity index (χ4v) is 7.37. The van der Waals surface area contributed by atoms with Crippen LogP contribution in [0.15, 0.2) is 144 Å². The summed E-state index contributed by atoms with van der Waals surface area (Å²) in [5, 5.41) is 4.38. The fourth-order valence-electron chi connectivity index (χ4n) is 7.37. The molecule has 0 unspecified atom stereocenters. The van der Waals surface area contributed by atoms with Crippen molar-refractivity contribution < 1.29 is 30.2 Å². The molecule has 0 spiro atoms. The third kappa shape index (κ3) is 5.48. The van der Waals surface area contributed by atoms with Gasteiger partial charge in [0.25, 0.3) is 0 Å². The average molecular weight is 869 g/mol. The van der Waals surface area contributed by atoms with Gasteiger partial charge in [-0.3, -0.25) is 0 Å². The molecular weight excluding hydrogens is 836 g/mol. The number of benzene rings is 6. The Morgan fingerprint density at radius 2 is 1.45 bits per heavy atom. The normalized spacial score (nSPS) is 12.9. The predicted molar refractivity (Wildman–Crippen MR) is 210 cm³/mol. The van der Waals surface area contributed by atoms with E-state index in [-0.39, 0.29) is 26.5 Å². The Morgan fingerprint density at radius 3 is 2.30 bits per heavy atom. The van der Waals surface area contributed by atoms with Gasteiger partial charge in [0.05, 0.1) is 5.39 Å². The Balaban J connectivity index is 0.00000372. The van der Waals surface area contributed by atoms with E-state index in [1.807, 2.05) is 42.6 Å². The third-order valence-electron chi connectivity index (χ3n) is 9.89. The van der Waals surface area contributed by atoms with E-state index in [0.717, 1.165) is 72.3 Å². The van der Waals surface area contributed by atoms with Crippen LogP contribution in [0.25, 0.3) is 49.6 Å². The van der Waals surface area contributed by atoms with E-state index < -0.39 is 0 Å². The molecule has 0 amide bonds. The minimum absolute atomic E-state index is 0. The van der Waals surface area contributed by atoms with Gasteiger partial charge in [0.15, 0.2) is 0 Å². The van der Waals surface area contributed by atoms with Crippen LogP contribution >= 0.6 is 0 Å². The van der Waals surface area contributed by atoms with E-state index in [4.69, 9.17) is 14.1 Å². The minimum atomic E-state index is -0.0149. The van der Waals surface area contributed by atoms with Crippen LogP contribution in [-0.4, -0.2) is 9.55 Å². The Hall–Kier alpha value is -5.84. The Kier molecular flexibility index (Phi) is 7.90. The quantitative estimate of drug-likeness (QED) is 0.161. The van der Waals surface area contributed by atoms with Gasteiger partial charge in [0.1, 0.15) is 17.0 Å². The maximum atomic E-state index is 6.55. The number of para-hydroxylation sites is 3. The first-order valence-corrected chi connectivity index (χ1v) is 17.5. The molecule has 0 saturated carbocycles. The van der Waals surface area contributed by atoms with Gasteiger partial charge < -0.3 is 23.5 Å². The number of rotatable bonds is 5. The third-order valence-corrected chi connectivity index (χ3v) is 9.89. The molecule has 0 N–H and O–H groups in total. The van der Waals surface area contributed by atoms with Gasteiger partial charge in [-0.1, -0.05) is 80.9 Å². The molecule has 0 fully saturated rings. The number of ether oxygens (including phenoxy) is 1. The molecule has 0 radical (unpaired) electrons. The first kappa shape index (κ1) is 33.0. The van der Waals surface area contributed by atoms with E-state index in [1.54, 1.807) is 0 Å². The molecule has 53 heavy (non-hydrogen) atoms. The second-order valence-electron chi connectivity index (χ2n) is 14.2. The van der Waals surface area contributed by atoms with E-state index >= 15 is 0 Å². The number of hydrogen-bond acceptors (Lipinski definition) is 5. The zero-order valence-electron chi connectivity index (χ0n) is 29.3. The largest absolute Gasteiger partial charge is 0.509 e. The summed E-state index contributed by atoms with van der Waals surface area (Å²) in [5.74, 6) is 2.04. The molecule has 0 saturated heterocycles. The van der Waals surface area contributed by atoms with Crippen molar-refractivity contribution in [3.63, 3.8) is 0 Å². The zero-order valence-corrected chi connectivity index (χ0v) is 31.6. The van der Waals surface area contributed by atoms with Gasteiger partial charge >= 0.3 is 0 Å². The maximum Gasteiger partial charge on any atom is 0.137 e. The van der Waals surface area contributed by atoms with Crippen molar-refractivity contribution in [2.45, 2.75) is 26.2 Å². The standard InChI is InChI=1S/C46H33N4O2.Pt/c1-46(2,3)30-24-25-47-43(26-30)50-38-18-9-7-16-35(38)36-21-20-34(28-40(36)50)51-33-15-11-14-32(27-33)48-29-49(31-12-5-4-6-13-31)45-39(48)22-23-42-44(45)37-17-8-10-19-41(37)52-42;/h4-26,29H,1-3H3;/q-3;. The zero-order chi connectivity index (χ0) is 35.0.